The van der Waals surface area contributed by atoms with Crippen molar-refractivity contribution in [3.63, 3.8) is 0 Å². The quantitative estimate of drug-likeness (QED) is 0.624. The highest BCUT2D eigenvalue weighted by molar-refractivity contribution is 5.95. The zero-order valence-corrected chi connectivity index (χ0v) is 15.1. The fourth-order valence-electron chi connectivity index (χ4n) is 2.69. The van der Waals surface area contributed by atoms with Crippen molar-refractivity contribution in [2.75, 3.05) is 18.9 Å². The molecule has 2 aromatic carbocycles. The van der Waals surface area contributed by atoms with Crippen molar-refractivity contribution in [3.8, 4) is 0 Å². The summed E-state index contributed by atoms with van der Waals surface area (Å²) in [6.07, 6.45) is 0. The number of rotatable bonds is 6. The second kappa shape index (κ2) is 7.90. The van der Waals surface area contributed by atoms with Gasteiger partial charge < -0.3 is 10.2 Å². The lowest BCUT2D eigenvalue weighted by Gasteiger charge is -2.15. The fraction of sp³-hybridized carbons (Fsp3) is 0.316. The first-order valence-corrected chi connectivity index (χ1v) is 8.19. The number of benzene rings is 2. The molecule has 2 aromatic rings. The summed E-state index contributed by atoms with van der Waals surface area (Å²) >= 11 is 0. The van der Waals surface area contributed by atoms with E-state index < -0.39 is 4.92 Å². The molecule has 6 heteroatoms. The van der Waals surface area contributed by atoms with Gasteiger partial charge in [0.05, 0.1) is 12.0 Å². The first-order chi connectivity index (χ1) is 11.8. The van der Waals surface area contributed by atoms with Crippen LogP contribution in [-0.2, 0) is 11.3 Å². The number of anilines is 1. The molecule has 0 aromatic heterocycles. The van der Waals surface area contributed by atoms with E-state index in [0.717, 1.165) is 21.6 Å². The zero-order valence-electron chi connectivity index (χ0n) is 15.1. The van der Waals surface area contributed by atoms with Crippen molar-refractivity contribution in [1.82, 2.24) is 0 Å². The second-order valence-electron chi connectivity index (χ2n) is 6.50. The number of amides is 1. The van der Waals surface area contributed by atoms with Crippen molar-refractivity contribution >= 4 is 17.3 Å². The third kappa shape index (κ3) is 4.87. The Morgan fingerprint density at radius 3 is 2.36 bits per heavy atom. The molecule has 0 radical (unpaired) electrons. The van der Waals surface area contributed by atoms with Gasteiger partial charge in [-0.25, -0.2) is 0 Å². The molecule has 0 aliphatic heterocycles. The van der Waals surface area contributed by atoms with Crippen LogP contribution in [0, 0.1) is 30.9 Å². The minimum Gasteiger partial charge on any atom is -0.326 e. The van der Waals surface area contributed by atoms with Crippen LogP contribution in [0.5, 0.6) is 0 Å². The Kier molecular flexibility index (Phi) is 5.88. The number of hydrogen-bond donors (Lipinski definition) is 2. The van der Waals surface area contributed by atoms with E-state index in [0.29, 0.717) is 6.54 Å². The molecule has 1 atom stereocenters. The number of hydrogen-bond acceptors (Lipinski definition) is 3. The van der Waals surface area contributed by atoms with E-state index in [-0.39, 0.29) is 23.8 Å². The molecule has 0 aliphatic rings. The first kappa shape index (κ1) is 18.6. The smallest absolute Gasteiger partial charge is 0.293 e. The van der Waals surface area contributed by atoms with Gasteiger partial charge in [-0.2, -0.15) is 0 Å². The molecule has 1 amide bonds. The van der Waals surface area contributed by atoms with Gasteiger partial charge in [-0.05, 0) is 31.9 Å². The molecule has 1 unspecified atom stereocenters. The molecular weight excluding hydrogens is 318 g/mol. The fourth-order valence-corrected chi connectivity index (χ4v) is 2.69. The number of carbonyl (C=O) groups excluding carboxylic acids is 1. The van der Waals surface area contributed by atoms with Crippen molar-refractivity contribution < 1.29 is 14.6 Å². The molecule has 0 bridgehead atoms. The van der Waals surface area contributed by atoms with Crippen molar-refractivity contribution in [3.05, 3.63) is 68.8 Å². The normalized spacial score (nSPS) is 11.8. The number of aryl methyl sites for hydroxylation is 2. The largest absolute Gasteiger partial charge is 0.326 e. The summed E-state index contributed by atoms with van der Waals surface area (Å²) in [5.74, 6) is -0.235. The van der Waals surface area contributed by atoms with Crippen molar-refractivity contribution in [2.24, 2.45) is 0 Å². The Hall–Kier alpha value is -2.73. The van der Waals surface area contributed by atoms with Gasteiger partial charge in [0.15, 0.2) is 6.54 Å². The molecule has 6 nitrogen and oxygen atoms in total. The molecule has 0 fully saturated rings. The Balaban J connectivity index is 2.06. The maximum absolute atomic E-state index is 12.4. The van der Waals surface area contributed by atoms with E-state index in [9.17, 15) is 14.9 Å². The highest BCUT2D eigenvalue weighted by Crippen LogP contribution is 2.29. The van der Waals surface area contributed by atoms with Crippen LogP contribution < -0.4 is 10.2 Å². The molecule has 132 valence electrons. The van der Waals surface area contributed by atoms with Crippen LogP contribution in [0.15, 0.2) is 36.4 Å². The third-order valence-electron chi connectivity index (χ3n) is 4.26. The lowest BCUT2D eigenvalue weighted by Crippen LogP contribution is -3.08. The van der Waals surface area contributed by atoms with Crippen LogP contribution in [0.4, 0.5) is 11.4 Å². The summed E-state index contributed by atoms with van der Waals surface area (Å²) in [5.41, 5.74) is 4.18. The van der Waals surface area contributed by atoms with Gasteiger partial charge in [0.25, 0.3) is 11.6 Å². The lowest BCUT2D eigenvalue weighted by atomic mass is 10.1. The van der Waals surface area contributed by atoms with E-state index in [1.807, 2.05) is 45.2 Å². The van der Waals surface area contributed by atoms with Crippen molar-refractivity contribution in [2.45, 2.75) is 27.3 Å². The van der Waals surface area contributed by atoms with Gasteiger partial charge in [-0.1, -0.05) is 35.9 Å². The SMILES string of the molecule is Cc1ccc(C[NH+](C)CC(=O)Nc2c([N+](=O)[O-])ccc(C)c2C)cc1. The van der Waals surface area contributed by atoms with Gasteiger partial charge in [-0.15, -0.1) is 0 Å². The summed E-state index contributed by atoms with van der Waals surface area (Å²) in [6.45, 7) is 6.62. The molecule has 0 aliphatic carbocycles. The average molecular weight is 342 g/mol. The molecule has 2 rings (SSSR count). The summed E-state index contributed by atoms with van der Waals surface area (Å²) in [6, 6.07) is 11.3. The summed E-state index contributed by atoms with van der Waals surface area (Å²) in [5, 5.41) is 13.9. The maximum atomic E-state index is 12.4. The van der Waals surface area contributed by atoms with E-state index >= 15 is 0 Å². The van der Waals surface area contributed by atoms with E-state index in [4.69, 9.17) is 0 Å². The number of nitro groups is 1. The number of likely N-dealkylation sites (N-methyl/N-ethyl adjacent to an activating group) is 1. The van der Waals surface area contributed by atoms with E-state index in [1.54, 1.807) is 13.0 Å². The van der Waals surface area contributed by atoms with Crippen molar-refractivity contribution in [1.29, 1.82) is 0 Å². The minimum atomic E-state index is -0.467. The van der Waals surface area contributed by atoms with Gasteiger partial charge in [0.1, 0.15) is 12.2 Å². The first-order valence-electron chi connectivity index (χ1n) is 8.19. The highest BCUT2D eigenvalue weighted by Gasteiger charge is 2.20. The molecule has 0 spiro atoms. The molecule has 0 saturated heterocycles. The zero-order chi connectivity index (χ0) is 18.6. The van der Waals surface area contributed by atoms with Gasteiger partial charge in [0.2, 0.25) is 0 Å². The number of nitro benzene ring substituents is 1. The number of nitrogens with zero attached hydrogens (tertiary/aromatic N) is 1. The topological polar surface area (TPSA) is 76.7 Å². The Labute approximate surface area is 147 Å². The standard InChI is InChI=1S/C19H23N3O3/c1-13-5-8-16(9-6-13)11-21(4)12-18(23)20-19-15(3)14(2)7-10-17(19)22(24)25/h5-10H,11-12H2,1-4H3,(H,20,23)/p+1. The molecular formula is C19H24N3O3+. The summed E-state index contributed by atoms with van der Waals surface area (Å²) < 4.78 is 0. The van der Waals surface area contributed by atoms with Crippen LogP contribution >= 0.6 is 0 Å². The number of carbonyl (C=O) groups is 1. The number of nitrogens with one attached hydrogen (secondary N) is 2. The van der Waals surface area contributed by atoms with Crippen LogP contribution in [0.2, 0.25) is 0 Å². The molecule has 2 N–H and O–H groups in total. The minimum absolute atomic E-state index is 0.0763. The Bertz CT molecular complexity index is 785. The third-order valence-corrected chi connectivity index (χ3v) is 4.26. The second-order valence-corrected chi connectivity index (χ2v) is 6.50. The van der Waals surface area contributed by atoms with Crippen LogP contribution in [0.1, 0.15) is 22.3 Å². The number of quaternary nitrogens is 1. The summed E-state index contributed by atoms with van der Waals surface area (Å²) in [4.78, 5) is 24.1. The summed E-state index contributed by atoms with van der Waals surface area (Å²) in [7, 11) is 1.93. The Morgan fingerprint density at radius 2 is 1.76 bits per heavy atom. The highest BCUT2D eigenvalue weighted by atomic mass is 16.6. The van der Waals surface area contributed by atoms with Gasteiger partial charge in [-0.3, -0.25) is 14.9 Å². The molecule has 0 heterocycles. The maximum Gasteiger partial charge on any atom is 0.293 e. The monoisotopic (exact) mass is 342 g/mol. The predicted molar refractivity (Wildman–Crippen MR) is 97.8 cm³/mol. The molecule has 25 heavy (non-hydrogen) atoms. The van der Waals surface area contributed by atoms with Crippen LogP contribution in [0.25, 0.3) is 0 Å². The van der Waals surface area contributed by atoms with E-state index in [1.165, 1.54) is 11.6 Å². The van der Waals surface area contributed by atoms with Gasteiger partial charge in [0, 0.05) is 11.6 Å². The van der Waals surface area contributed by atoms with Crippen LogP contribution in [0.3, 0.4) is 0 Å². The van der Waals surface area contributed by atoms with Crippen LogP contribution in [-0.4, -0.2) is 24.4 Å². The average Bonchev–Trinajstić information content (AvgIpc) is 2.53. The van der Waals surface area contributed by atoms with E-state index in [2.05, 4.69) is 5.32 Å². The molecule has 0 saturated carbocycles. The lowest BCUT2D eigenvalue weighted by molar-refractivity contribution is -0.885. The Morgan fingerprint density at radius 1 is 1.12 bits per heavy atom. The van der Waals surface area contributed by atoms with Gasteiger partial charge >= 0.3 is 0 Å². The predicted octanol–water partition coefficient (Wildman–Crippen LogP) is 2.17.